The number of ether oxygens (including phenoxy) is 1. The molecule has 0 saturated carbocycles. The topological polar surface area (TPSA) is 55.6 Å². The number of halogens is 1. The first kappa shape index (κ1) is 14.8. The highest BCUT2D eigenvalue weighted by Crippen LogP contribution is 2.10. The normalized spacial score (nSPS) is 18.9. The number of nitrogens with zero attached hydrogens (tertiary/aromatic N) is 1. The summed E-state index contributed by atoms with van der Waals surface area (Å²) in [4.78, 5) is 13.5. The van der Waals surface area contributed by atoms with Crippen LogP contribution in [0.4, 0.5) is 4.79 Å². The van der Waals surface area contributed by atoms with E-state index in [9.17, 15) is 4.79 Å². The molecular formula is C13H19ClN2O2. The number of carbonyl (C=O) groups excluding carboxylic acids is 1. The number of rotatable bonds is 2. The standard InChI is InChI=1S/C13H18N2O2.ClH/c14-12-7-4-8-15(9-12)13(16)17-10-11-5-2-1-3-6-11;/h1-3,5-6,12H,4,7-10,14H2;1H/t12-;/m1./s1. The van der Waals surface area contributed by atoms with Crippen molar-refractivity contribution in [3.05, 3.63) is 35.9 Å². The maximum Gasteiger partial charge on any atom is 0.410 e. The van der Waals surface area contributed by atoms with E-state index in [4.69, 9.17) is 10.5 Å². The zero-order valence-electron chi connectivity index (χ0n) is 10.2. The van der Waals surface area contributed by atoms with Gasteiger partial charge in [0.05, 0.1) is 0 Å². The van der Waals surface area contributed by atoms with Crippen molar-refractivity contribution >= 4 is 18.5 Å². The summed E-state index contributed by atoms with van der Waals surface area (Å²) >= 11 is 0. The molecule has 5 heteroatoms. The Bertz CT molecular complexity index is 373. The molecule has 1 heterocycles. The lowest BCUT2D eigenvalue weighted by Gasteiger charge is -2.29. The van der Waals surface area contributed by atoms with Crippen molar-refractivity contribution in [3.8, 4) is 0 Å². The zero-order valence-corrected chi connectivity index (χ0v) is 11.1. The number of hydrogen-bond acceptors (Lipinski definition) is 3. The molecule has 0 radical (unpaired) electrons. The van der Waals surface area contributed by atoms with Gasteiger partial charge in [-0.25, -0.2) is 4.79 Å². The monoisotopic (exact) mass is 270 g/mol. The number of nitrogens with two attached hydrogens (primary N) is 1. The smallest absolute Gasteiger partial charge is 0.410 e. The first-order valence-corrected chi connectivity index (χ1v) is 5.97. The zero-order chi connectivity index (χ0) is 12.1. The third-order valence-electron chi connectivity index (χ3n) is 2.92. The van der Waals surface area contributed by atoms with Crippen LogP contribution in [-0.2, 0) is 11.3 Å². The SMILES string of the molecule is Cl.N[C@@H]1CCCN(C(=O)OCc2ccccc2)C1. The molecule has 0 aromatic heterocycles. The molecule has 1 aliphatic heterocycles. The molecular weight excluding hydrogens is 252 g/mol. The summed E-state index contributed by atoms with van der Waals surface area (Å²) in [7, 11) is 0. The van der Waals surface area contributed by atoms with Crippen LogP contribution in [0.15, 0.2) is 30.3 Å². The van der Waals surface area contributed by atoms with Crippen molar-refractivity contribution in [1.82, 2.24) is 4.90 Å². The van der Waals surface area contributed by atoms with Gasteiger partial charge < -0.3 is 15.4 Å². The Morgan fingerprint density at radius 1 is 1.39 bits per heavy atom. The quantitative estimate of drug-likeness (QED) is 0.896. The summed E-state index contributed by atoms with van der Waals surface area (Å²) in [5.41, 5.74) is 6.82. The molecule has 18 heavy (non-hydrogen) atoms. The van der Waals surface area contributed by atoms with E-state index in [1.54, 1.807) is 4.90 Å². The average Bonchev–Trinajstić information content (AvgIpc) is 2.37. The van der Waals surface area contributed by atoms with Crippen LogP contribution in [0.1, 0.15) is 18.4 Å². The minimum atomic E-state index is -0.260. The Hall–Kier alpha value is -1.26. The minimum absolute atomic E-state index is 0. The maximum atomic E-state index is 11.8. The molecule has 0 bridgehead atoms. The predicted molar refractivity (Wildman–Crippen MR) is 72.7 cm³/mol. The summed E-state index contributed by atoms with van der Waals surface area (Å²) < 4.78 is 5.25. The van der Waals surface area contributed by atoms with Crippen LogP contribution in [0.5, 0.6) is 0 Å². The first-order chi connectivity index (χ1) is 8.25. The number of likely N-dealkylation sites (tertiary alicyclic amines) is 1. The van der Waals surface area contributed by atoms with E-state index >= 15 is 0 Å². The molecule has 0 unspecified atom stereocenters. The van der Waals surface area contributed by atoms with Crippen LogP contribution in [0.3, 0.4) is 0 Å². The van der Waals surface area contributed by atoms with Gasteiger partial charge in [0.1, 0.15) is 6.61 Å². The molecule has 1 aromatic rings. The molecule has 1 atom stereocenters. The summed E-state index contributed by atoms with van der Waals surface area (Å²) in [5, 5.41) is 0. The molecule has 0 aliphatic carbocycles. The van der Waals surface area contributed by atoms with Gasteiger partial charge in [-0.15, -0.1) is 12.4 Å². The van der Waals surface area contributed by atoms with Gasteiger partial charge in [0, 0.05) is 19.1 Å². The van der Waals surface area contributed by atoms with Crippen molar-refractivity contribution in [3.63, 3.8) is 0 Å². The van der Waals surface area contributed by atoms with E-state index in [2.05, 4.69) is 0 Å². The number of piperidine rings is 1. The van der Waals surface area contributed by atoms with Crippen LogP contribution >= 0.6 is 12.4 Å². The lowest BCUT2D eigenvalue weighted by molar-refractivity contribution is 0.0862. The number of benzene rings is 1. The van der Waals surface area contributed by atoms with Crippen LogP contribution in [0.2, 0.25) is 0 Å². The fraction of sp³-hybridized carbons (Fsp3) is 0.462. The fourth-order valence-electron chi connectivity index (χ4n) is 1.99. The second-order valence-corrected chi connectivity index (χ2v) is 4.39. The van der Waals surface area contributed by atoms with Crippen molar-refractivity contribution in [2.24, 2.45) is 5.73 Å². The summed E-state index contributed by atoms with van der Waals surface area (Å²) in [5.74, 6) is 0. The Kier molecular flexibility index (Phi) is 5.95. The molecule has 1 aliphatic rings. The van der Waals surface area contributed by atoms with Gasteiger partial charge in [-0.1, -0.05) is 30.3 Å². The van der Waals surface area contributed by atoms with Crippen molar-refractivity contribution in [2.45, 2.75) is 25.5 Å². The van der Waals surface area contributed by atoms with E-state index < -0.39 is 0 Å². The lowest BCUT2D eigenvalue weighted by atomic mass is 10.1. The first-order valence-electron chi connectivity index (χ1n) is 5.97. The third kappa shape index (κ3) is 4.20. The van der Waals surface area contributed by atoms with Gasteiger partial charge in [0.2, 0.25) is 0 Å². The number of carbonyl (C=O) groups is 1. The molecule has 2 N–H and O–H groups in total. The molecule has 1 saturated heterocycles. The predicted octanol–water partition coefficient (Wildman–Crippen LogP) is 2.17. The Morgan fingerprint density at radius 2 is 2.11 bits per heavy atom. The highest BCUT2D eigenvalue weighted by molar-refractivity contribution is 5.85. The number of hydrogen-bond donors (Lipinski definition) is 1. The third-order valence-corrected chi connectivity index (χ3v) is 2.92. The second-order valence-electron chi connectivity index (χ2n) is 4.39. The summed E-state index contributed by atoms with van der Waals surface area (Å²) in [6.45, 7) is 1.68. The highest BCUT2D eigenvalue weighted by atomic mass is 35.5. The fourth-order valence-corrected chi connectivity index (χ4v) is 1.99. The van der Waals surface area contributed by atoms with E-state index in [1.807, 2.05) is 30.3 Å². The minimum Gasteiger partial charge on any atom is -0.445 e. The summed E-state index contributed by atoms with van der Waals surface area (Å²) in [6.07, 6.45) is 1.69. The molecule has 1 aromatic carbocycles. The Balaban J connectivity index is 0.00000162. The van der Waals surface area contributed by atoms with Crippen molar-refractivity contribution in [1.29, 1.82) is 0 Å². The van der Waals surface area contributed by atoms with E-state index in [0.29, 0.717) is 13.2 Å². The van der Waals surface area contributed by atoms with Gasteiger partial charge in [-0.05, 0) is 18.4 Å². The van der Waals surface area contributed by atoms with Crippen molar-refractivity contribution in [2.75, 3.05) is 13.1 Å². The van der Waals surface area contributed by atoms with Gasteiger partial charge in [0.25, 0.3) is 0 Å². The van der Waals surface area contributed by atoms with E-state index in [0.717, 1.165) is 24.9 Å². The molecule has 1 amide bonds. The van der Waals surface area contributed by atoms with Gasteiger partial charge >= 0.3 is 6.09 Å². The molecule has 2 rings (SSSR count). The van der Waals surface area contributed by atoms with Crippen LogP contribution < -0.4 is 5.73 Å². The second kappa shape index (κ2) is 7.24. The van der Waals surface area contributed by atoms with Crippen LogP contribution in [0.25, 0.3) is 0 Å². The van der Waals surface area contributed by atoms with Crippen molar-refractivity contribution < 1.29 is 9.53 Å². The van der Waals surface area contributed by atoms with Gasteiger partial charge in [-0.2, -0.15) is 0 Å². The van der Waals surface area contributed by atoms with E-state index in [1.165, 1.54) is 0 Å². The van der Waals surface area contributed by atoms with E-state index in [-0.39, 0.29) is 24.5 Å². The van der Waals surface area contributed by atoms with Gasteiger partial charge in [0.15, 0.2) is 0 Å². The Labute approximate surface area is 114 Å². The van der Waals surface area contributed by atoms with Crippen LogP contribution in [0, 0.1) is 0 Å². The Morgan fingerprint density at radius 3 is 2.78 bits per heavy atom. The highest BCUT2D eigenvalue weighted by Gasteiger charge is 2.22. The summed E-state index contributed by atoms with van der Waals surface area (Å²) in [6, 6.07) is 9.77. The molecule has 4 nitrogen and oxygen atoms in total. The number of amides is 1. The van der Waals surface area contributed by atoms with Gasteiger partial charge in [-0.3, -0.25) is 0 Å². The lowest BCUT2D eigenvalue weighted by Crippen LogP contribution is -2.45. The molecule has 100 valence electrons. The van der Waals surface area contributed by atoms with Crippen LogP contribution in [-0.4, -0.2) is 30.1 Å². The average molecular weight is 271 g/mol. The molecule has 0 spiro atoms. The molecule has 1 fully saturated rings. The maximum absolute atomic E-state index is 11.8. The largest absolute Gasteiger partial charge is 0.445 e.